The molecule has 0 saturated heterocycles. The van der Waals surface area contributed by atoms with Gasteiger partial charge in [-0.2, -0.15) is 0 Å². The highest BCUT2D eigenvalue weighted by molar-refractivity contribution is 5.94. The highest BCUT2D eigenvalue weighted by atomic mass is 16.3. The van der Waals surface area contributed by atoms with Gasteiger partial charge in [0.05, 0.1) is 12.2 Å². The lowest BCUT2D eigenvalue weighted by Gasteiger charge is -2.08. The fourth-order valence-electron chi connectivity index (χ4n) is 1.36. The minimum atomic E-state index is -0.538. The molecule has 0 spiro atoms. The van der Waals surface area contributed by atoms with E-state index in [4.69, 9.17) is 10.2 Å². The van der Waals surface area contributed by atoms with Crippen LogP contribution >= 0.6 is 0 Å². The molecule has 0 radical (unpaired) electrons. The Kier molecular flexibility index (Phi) is 3.20. The van der Waals surface area contributed by atoms with Crippen LogP contribution < -0.4 is 11.1 Å². The molecule has 1 aromatic heterocycles. The van der Waals surface area contributed by atoms with Gasteiger partial charge in [0, 0.05) is 11.3 Å². The smallest absolute Gasteiger partial charge is 0.240 e. The summed E-state index contributed by atoms with van der Waals surface area (Å²) >= 11 is 0. The van der Waals surface area contributed by atoms with Crippen molar-refractivity contribution in [2.75, 3.05) is 5.32 Å². The van der Waals surface area contributed by atoms with Crippen molar-refractivity contribution in [3.63, 3.8) is 0 Å². The highest BCUT2D eigenvalue weighted by Gasteiger charge is 2.08. The van der Waals surface area contributed by atoms with Crippen molar-refractivity contribution >= 4 is 11.6 Å². The lowest BCUT2D eigenvalue weighted by Crippen LogP contribution is -2.32. The largest absolute Gasteiger partial charge is 0.444 e. The first-order valence-corrected chi connectivity index (χ1v) is 5.22. The van der Waals surface area contributed by atoms with Gasteiger partial charge in [-0.3, -0.25) is 4.79 Å². The van der Waals surface area contributed by atoms with Crippen LogP contribution in [0.5, 0.6) is 0 Å². The number of oxazole rings is 1. The summed E-state index contributed by atoms with van der Waals surface area (Å²) in [7, 11) is 0. The van der Waals surface area contributed by atoms with E-state index in [1.807, 2.05) is 12.1 Å². The summed E-state index contributed by atoms with van der Waals surface area (Å²) in [5.41, 5.74) is 7.01. The second-order valence-corrected chi connectivity index (χ2v) is 3.72. The molecule has 0 aliphatic heterocycles. The molecule has 5 nitrogen and oxygen atoms in total. The SMILES string of the molecule is C[C@@H](N)C(=O)Nc1cccc(-c2cnco2)c1. The zero-order chi connectivity index (χ0) is 12.3. The fourth-order valence-corrected chi connectivity index (χ4v) is 1.36. The third-order valence-corrected chi connectivity index (χ3v) is 2.26. The molecule has 1 aromatic carbocycles. The number of carbonyl (C=O) groups excluding carboxylic acids is 1. The van der Waals surface area contributed by atoms with E-state index in [9.17, 15) is 4.79 Å². The maximum Gasteiger partial charge on any atom is 0.240 e. The van der Waals surface area contributed by atoms with Crippen molar-refractivity contribution in [1.29, 1.82) is 0 Å². The van der Waals surface area contributed by atoms with E-state index in [0.29, 0.717) is 11.4 Å². The maximum atomic E-state index is 11.4. The molecule has 2 rings (SSSR count). The summed E-state index contributed by atoms with van der Waals surface area (Å²) in [6.45, 7) is 1.63. The fraction of sp³-hybridized carbons (Fsp3) is 0.167. The number of aromatic nitrogens is 1. The molecular weight excluding hydrogens is 218 g/mol. The Bertz CT molecular complexity index is 506. The standard InChI is InChI=1S/C12H13N3O2/c1-8(13)12(16)15-10-4-2-3-9(5-10)11-6-14-7-17-11/h2-8H,13H2,1H3,(H,15,16)/t8-/m1/s1. The second kappa shape index (κ2) is 4.80. The van der Waals surface area contributed by atoms with Gasteiger partial charge in [-0.15, -0.1) is 0 Å². The van der Waals surface area contributed by atoms with Gasteiger partial charge in [0.2, 0.25) is 5.91 Å². The van der Waals surface area contributed by atoms with E-state index < -0.39 is 6.04 Å². The summed E-state index contributed by atoms with van der Waals surface area (Å²) < 4.78 is 5.18. The molecule has 0 fully saturated rings. The number of benzene rings is 1. The number of anilines is 1. The van der Waals surface area contributed by atoms with Crippen LogP contribution in [0.2, 0.25) is 0 Å². The molecule has 1 amide bonds. The van der Waals surface area contributed by atoms with Gasteiger partial charge in [0.15, 0.2) is 12.2 Å². The van der Waals surface area contributed by atoms with Crippen LogP contribution in [-0.4, -0.2) is 16.9 Å². The minimum Gasteiger partial charge on any atom is -0.444 e. The molecule has 0 aliphatic carbocycles. The zero-order valence-electron chi connectivity index (χ0n) is 9.38. The number of hydrogen-bond acceptors (Lipinski definition) is 4. The van der Waals surface area contributed by atoms with Gasteiger partial charge in [0.25, 0.3) is 0 Å². The molecule has 0 aliphatic rings. The van der Waals surface area contributed by atoms with Gasteiger partial charge in [-0.25, -0.2) is 4.98 Å². The Balaban J connectivity index is 2.20. The van der Waals surface area contributed by atoms with Gasteiger partial charge in [-0.05, 0) is 19.1 Å². The van der Waals surface area contributed by atoms with E-state index in [-0.39, 0.29) is 5.91 Å². The normalized spacial score (nSPS) is 12.1. The summed E-state index contributed by atoms with van der Waals surface area (Å²) in [4.78, 5) is 15.3. The molecule has 0 saturated carbocycles. The van der Waals surface area contributed by atoms with Gasteiger partial charge < -0.3 is 15.5 Å². The van der Waals surface area contributed by atoms with Crippen molar-refractivity contribution in [3.8, 4) is 11.3 Å². The summed E-state index contributed by atoms with van der Waals surface area (Å²) in [6.07, 6.45) is 2.98. The molecule has 1 heterocycles. The third-order valence-electron chi connectivity index (χ3n) is 2.26. The summed E-state index contributed by atoms with van der Waals surface area (Å²) in [5, 5.41) is 2.72. The monoisotopic (exact) mass is 231 g/mol. The van der Waals surface area contributed by atoms with Gasteiger partial charge in [-0.1, -0.05) is 12.1 Å². The van der Waals surface area contributed by atoms with Crippen molar-refractivity contribution in [3.05, 3.63) is 36.9 Å². The zero-order valence-corrected chi connectivity index (χ0v) is 9.38. The van der Waals surface area contributed by atoms with Gasteiger partial charge in [0.1, 0.15) is 0 Å². The molecule has 0 unspecified atom stereocenters. The summed E-state index contributed by atoms with van der Waals surface area (Å²) in [5.74, 6) is 0.432. The predicted octanol–water partition coefficient (Wildman–Crippen LogP) is 1.63. The van der Waals surface area contributed by atoms with Gasteiger partial charge >= 0.3 is 0 Å². The first kappa shape index (κ1) is 11.3. The number of nitrogens with one attached hydrogen (secondary N) is 1. The molecule has 0 bridgehead atoms. The molecule has 3 N–H and O–H groups in total. The Labute approximate surface area is 98.6 Å². The average Bonchev–Trinajstić information content (AvgIpc) is 2.82. The Morgan fingerprint density at radius 3 is 3.00 bits per heavy atom. The van der Waals surface area contributed by atoms with E-state index in [0.717, 1.165) is 5.56 Å². The van der Waals surface area contributed by atoms with Crippen LogP contribution in [-0.2, 0) is 4.79 Å². The van der Waals surface area contributed by atoms with E-state index in [1.165, 1.54) is 6.39 Å². The van der Waals surface area contributed by atoms with E-state index in [2.05, 4.69) is 10.3 Å². The van der Waals surface area contributed by atoms with E-state index in [1.54, 1.807) is 25.3 Å². The highest BCUT2D eigenvalue weighted by Crippen LogP contribution is 2.21. The Morgan fingerprint density at radius 2 is 2.35 bits per heavy atom. The van der Waals surface area contributed by atoms with Crippen molar-refractivity contribution in [2.24, 2.45) is 5.73 Å². The number of carbonyl (C=O) groups is 1. The van der Waals surface area contributed by atoms with Crippen molar-refractivity contribution in [2.45, 2.75) is 13.0 Å². The molecule has 17 heavy (non-hydrogen) atoms. The molecule has 1 atom stereocenters. The molecule has 88 valence electrons. The number of hydrogen-bond donors (Lipinski definition) is 2. The van der Waals surface area contributed by atoms with Crippen molar-refractivity contribution < 1.29 is 9.21 Å². The molecule has 5 heteroatoms. The number of nitrogens with zero attached hydrogens (tertiary/aromatic N) is 1. The van der Waals surface area contributed by atoms with Crippen LogP contribution in [0, 0.1) is 0 Å². The van der Waals surface area contributed by atoms with Crippen LogP contribution in [0.3, 0.4) is 0 Å². The minimum absolute atomic E-state index is 0.222. The topological polar surface area (TPSA) is 81.2 Å². The first-order valence-electron chi connectivity index (χ1n) is 5.22. The number of amides is 1. The third kappa shape index (κ3) is 2.70. The average molecular weight is 231 g/mol. The Hall–Kier alpha value is -2.14. The van der Waals surface area contributed by atoms with Crippen LogP contribution in [0.15, 0.2) is 41.3 Å². The number of rotatable bonds is 3. The lowest BCUT2D eigenvalue weighted by atomic mass is 10.1. The quantitative estimate of drug-likeness (QED) is 0.841. The Morgan fingerprint density at radius 1 is 1.53 bits per heavy atom. The van der Waals surface area contributed by atoms with Crippen LogP contribution in [0.1, 0.15) is 6.92 Å². The van der Waals surface area contributed by atoms with E-state index >= 15 is 0 Å². The summed E-state index contributed by atoms with van der Waals surface area (Å²) in [6, 6.07) is 6.77. The second-order valence-electron chi connectivity index (χ2n) is 3.72. The maximum absolute atomic E-state index is 11.4. The lowest BCUT2D eigenvalue weighted by molar-refractivity contribution is -0.117. The predicted molar refractivity (Wildman–Crippen MR) is 64.2 cm³/mol. The first-order chi connectivity index (χ1) is 8.16. The molecular formula is C12H13N3O2. The molecule has 2 aromatic rings. The van der Waals surface area contributed by atoms with Crippen molar-refractivity contribution in [1.82, 2.24) is 4.98 Å². The van der Waals surface area contributed by atoms with Crippen LogP contribution in [0.25, 0.3) is 11.3 Å². The number of nitrogens with two attached hydrogens (primary N) is 1. The van der Waals surface area contributed by atoms with Crippen LogP contribution in [0.4, 0.5) is 5.69 Å².